The summed E-state index contributed by atoms with van der Waals surface area (Å²) in [6.07, 6.45) is -3.67. The van der Waals surface area contributed by atoms with E-state index in [1.807, 2.05) is 48.5 Å². The first-order valence-electron chi connectivity index (χ1n) is 13.8. The lowest BCUT2D eigenvalue weighted by atomic mass is 9.81. The Kier molecular flexibility index (Phi) is 7.95. The Bertz CT molecular complexity index is 1720. The summed E-state index contributed by atoms with van der Waals surface area (Å²) in [7, 11) is -2.24. The minimum Gasteiger partial charge on any atom is -0.483 e. The van der Waals surface area contributed by atoms with Crippen LogP contribution in [0.15, 0.2) is 94.7 Å². The first kappa shape index (κ1) is 29.9. The number of ether oxygens (including phenoxy) is 1. The highest BCUT2D eigenvalue weighted by molar-refractivity contribution is 7.98. The summed E-state index contributed by atoms with van der Waals surface area (Å²) in [5.74, 6) is -1.05. The van der Waals surface area contributed by atoms with Gasteiger partial charge in [-0.05, 0) is 35.2 Å². The largest absolute Gasteiger partial charge is 0.494 e. The summed E-state index contributed by atoms with van der Waals surface area (Å²) >= 11 is 1.58. The Morgan fingerprint density at radius 3 is 2.34 bits per heavy atom. The number of hydrogen-bond acceptors (Lipinski definition) is 7. The van der Waals surface area contributed by atoms with Crippen LogP contribution in [-0.4, -0.2) is 51.5 Å². The molecule has 226 valence electrons. The molecule has 44 heavy (non-hydrogen) atoms. The van der Waals surface area contributed by atoms with E-state index in [0.717, 1.165) is 34.7 Å². The number of thioether (sulfide) groups is 1. The molecule has 6 rings (SSSR count). The fraction of sp³-hybridized carbons (Fsp3) is 0.226. The number of carbonyl (C=O) groups is 1. The van der Waals surface area contributed by atoms with Crippen molar-refractivity contribution >= 4 is 30.3 Å². The molecule has 2 atom stereocenters. The van der Waals surface area contributed by atoms with Gasteiger partial charge in [0.15, 0.2) is 11.4 Å². The third-order valence-corrected chi connectivity index (χ3v) is 9.04. The van der Waals surface area contributed by atoms with Gasteiger partial charge in [0.25, 0.3) is 5.91 Å². The van der Waals surface area contributed by atoms with E-state index in [-0.39, 0.29) is 6.61 Å². The van der Waals surface area contributed by atoms with Gasteiger partial charge < -0.3 is 19.7 Å². The second-order valence-electron chi connectivity index (χ2n) is 10.6. The second-order valence-corrected chi connectivity index (χ2v) is 11.6. The molecule has 1 amide bonds. The van der Waals surface area contributed by atoms with Crippen molar-refractivity contribution < 1.29 is 32.8 Å². The fourth-order valence-corrected chi connectivity index (χ4v) is 6.66. The van der Waals surface area contributed by atoms with Gasteiger partial charge in [0.1, 0.15) is 19.3 Å². The number of pyridine rings is 1. The van der Waals surface area contributed by atoms with Gasteiger partial charge in [-0.2, -0.15) is 13.2 Å². The SMILES string of the molecule is C[C@@H](N1CN([C@H]2c3ccccc3CSc3ccccc32)n2cc(B(O)O)c(=O)c(OCc3ccccc3)c2C1=O)C(F)(F)F. The predicted octanol–water partition coefficient (Wildman–Crippen LogP) is 3.80. The van der Waals surface area contributed by atoms with E-state index in [4.69, 9.17) is 4.74 Å². The first-order valence-corrected chi connectivity index (χ1v) is 14.8. The van der Waals surface area contributed by atoms with Crippen LogP contribution in [-0.2, 0) is 12.4 Å². The standard InChI is InChI=1S/C31H27BF3N3O5S/c1-19(31(33,34)35)36-18-38(26-22-12-6-5-11-21(22)17-44-25-14-8-7-13-23(25)26)37-15-24(32(41)42)28(39)29(27(37)30(36)40)43-16-20-9-3-2-4-10-20/h2-15,19,26,41-42H,16-18H2,1H3/t19-,26+/m1/s1. The third kappa shape index (κ3) is 5.35. The van der Waals surface area contributed by atoms with E-state index in [1.165, 1.54) is 4.68 Å². The zero-order chi connectivity index (χ0) is 31.2. The van der Waals surface area contributed by atoms with Crippen LogP contribution in [0.25, 0.3) is 0 Å². The van der Waals surface area contributed by atoms with Crippen LogP contribution in [0.3, 0.4) is 0 Å². The van der Waals surface area contributed by atoms with E-state index in [9.17, 15) is 32.8 Å². The number of benzene rings is 3. The Labute approximate surface area is 255 Å². The van der Waals surface area contributed by atoms with E-state index < -0.39 is 60.3 Å². The minimum absolute atomic E-state index is 0.193. The topological polar surface area (TPSA) is 95.2 Å². The molecule has 0 aliphatic carbocycles. The highest BCUT2D eigenvalue weighted by atomic mass is 32.2. The Morgan fingerprint density at radius 2 is 1.64 bits per heavy atom. The Hall–Kier alpha value is -4.20. The van der Waals surface area contributed by atoms with Gasteiger partial charge in [-0.15, -0.1) is 11.8 Å². The average Bonchev–Trinajstić information content (AvgIpc) is 3.17. The van der Waals surface area contributed by atoms with Crippen LogP contribution in [0.2, 0.25) is 0 Å². The normalized spacial score (nSPS) is 16.9. The molecular weight excluding hydrogens is 594 g/mol. The highest BCUT2D eigenvalue weighted by Crippen LogP contribution is 2.43. The number of fused-ring (bicyclic) bond motifs is 3. The van der Waals surface area contributed by atoms with Crippen LogP contribution in [0.1, 0.15) is 45.7 Å². The smallest absolute Gasteiger partial charge is 0.483 e. The molecule has 0 saturated carbocycles. The van der Waals surface area contributed by atoms with E-state index in [2.05, 4.69) is 0 Å². The molecule has 3 aromatic carbocycles. The summed E-state index contributed by atoms with van der Waals surface area (Å²) in [5, 5.41) is 22.0. The number of rotatable bonds is 6. The molecule has 0 spiro atoms. The number of carbonyl (C=O) groups excluding carboxylic acids is 1. The molecule has 2 aliphatic rings. The summed E-state index contributed by atoms with van der Waals surface area (Å²) in [5.41, 5.74) is 1.21. The monoisotopic (exact) mass is 621 g/mol. The van der Waals surface area contributed by atoms with Crippen LogP contribution in [0.4, 0.5) is 13.2 Å². The average molecular weight is 621 g/mol. The molecule has 2 aliphatic heterocycles. The lowest BCUT2D eigenvalue weighted by Gasteiger charge is -2.46. The van der Waals surface area contributed by atoms with E-state index >= 15 is 0 Å². The molecule has 3 heterocycles. The molecule has 0 unspecified atom stereocenters. The molecule has 1 aromatic heterocycles. The molecule has 8 nitrogen and oxygen atoms in total. The molecule has 0 radical (unpaired) electrons. The maximum absolute atomic E-state index is 14.2. The zero-order valence-corrected chi connectivity index (χ0v) is 24.3. The Balaban J connectivity index is 1.62. The van der Waals surface area contributed by atoms with Crippen molar-refractivity contribution in [1.82, 2.24) is 9.58 Å². The highest BCUT2D eigenvalue weighted by Gasteiger charge is 2.48. The summed E-state index contributed by atoms with van der Waals surface area (Å²) in [6, 6.07) is 20.8. The molecule has 0 saturated heterocycles. The molecule has 0 fully saturated rings. The maximum Gasteiger partial charge on any atom is 0.494 e. The van der Waals surface area contributed by atoms with Gasteiger partial charge in [0, 0.05) is 16.8 Å². The third-order valence-electron chi connectivity index (χ3n) is 7.90. The zero-order valence-electron chi connectivity index (χ0n) is 23.4. The minimum atomic E-state index is -4.77. The Morgan fingerprint density at radius 1 is 0.977 bits per heavy atom. The van der Waals surface area contributed by atoms with Crippen molar-refractivity contribution in [2.24, 2.45) is 0 Å². The van der Waals surface area contributed by atoms with Crippen molar-refractivity contribution in [1.29, 1.82) is 0 Å². The summed E-state index contributed by atoms with van der Waals surface area (Å²) in [6.45, 7) is 0.180. The maximum atomic E-state index is 14.2. The summed E-state index contributed by atoms with van der Waals surface area (Å²) in [4.78, 5) is 29.1. The molecule has 2 N–H and O–H groups in total. The van der Waals surface area contributed by atoms with Crippen molar-refractivity contribution in [3.05, 3.63) is 123 Å². The molecule has 4 aromatic rings. The molecule has 13 heteroatoms. The van der Waals surface area contributed by atoms with Crippen molar-refractivity contribution in [2.45, 2.75) is 42.4 Å². The van der Waals surface area contributed by atoms with Gasteiger partial charge in [-0.3, -0.25) is 19.3 Å². The number of aromatic nitrogens is 1. The lowest BCUT2D eigenvalue weighted by Crippen LogP contribution is -2.61. The number of halogens is 3. The lowest BCUT2D eigenvalue weighted by molar-refractivity contribution is -0.173. The molecule has 0 bridgehead atoms. The van der Waals surface area contributed by atoms with Gasteiger partial charge in [-0.1, -0.05) is 72.8 Å². The number of nitrogens with zero attached hydrogens (tertiary/aromatic N) is 3. The van der Waals surface area contributed by atoms with Crippen molar-refractivity contribution in [2.75, 3.05) is 11.7 Å². The number of alkyl halides is 3. The van der Waals surface area contributed by atoms with Crippen molar-refractivity contribution in [3.8, 4) is 5.75 Å². The van der Waals surface area contributed by atoms with Crippen LogP contribution in [0.5, 0.6) is 5.75 Å². The van der Waals surface area contributed by atoms with Crippen LogP contribution < -0.4 is 20.6 Å². The van der Waals surface area contributed by atoms with Crippen LogP contribution in [0, 0.1) is 0 Å². The second kappa shape index (κ2) is 11.7. The van der Waals surface area contributed by atoms with Gasteiger partial charge in [-0.25, -0.2) is 0 Å². The first-order chi connectivity index (χ1) is 21.1. The number of amides is 1. The van der Waals surface area contributed by atoms with Crippen LogP contribution >= 0.6 is 11.8 Å². The molecular formula is C31H27BF3N3O5S. The predicted molar refractivity (Wildman–Crippen MR) is 160 cm³/mol. The van der Waals surface area contributed by atoms with Gasteiger partial charge in [0.2, 0.25) is 5.43 Å². The summed E-state index contributed by atoms with van der Waals surface area (Å²) < 4.78 is 49.8. The van der Waals surface area contributed by atoms with Crippen molar-refractivity contribution in [3.63, 3.8) is 0 Å². The van der Waals surface area contributed by atoms with Gasteiger partial charge >= 0.3 is 13.3 Å². The van der Waals surface area contributed by atoms with E-state index in [0.29, 0.717) is 16.2 Å². The fourth-order valence-electron chi connectivity index (χ4n) is 5.56. The quantitative estimate of drug-likeness (QED) is 0.317. The van der Waals surface area contributed by atoms with Gasteiger partial charge in [0.05, 0.1) is 11.5 Å². The van der Waals surface area contributed by atoms with E-state index in [1.54, 1.807) is 47.1 Å². The number of hydrogen-bond donors (Lipinski definition) is 2.